The SMILES string of the molecule is O=C(NCc1cccc(Cn2ccnc2)c1)N1CCN(S(=O)(=O)c2cccc3nsnc23)CC1. The molecule has 1 N–H and O–H groups in total. The number of carbonyl (C=O) groups excluding carboxylic acids is 1. The quantitative estimate of drug-likeness (QED) is 0.437. The Bertz CT molecular complexity index is 1390. The van der Waals surface area contributed by atoms with Crippen LogP contribution in [-0.4, -0.2) is 68.1 Å². The van der Waals surface area contributed by atoms with Crippen molar-refractivity contribution in [3.63, 3.8) is 0 Å². The summed E-state index contributed by atoms with van der Waals surface area (Å²) in [6, 6.07) is 12.8. The Labute approximate surface area is 201 Å². The molecule has 0 atom stereocenters. The molecule has 3 heterocycles. The number of rotatable bonds is 6. The summed E-state index contributed by atoms with van der Waals surface area (Å²) in [4.78, 5) is 18.6. The molecule has 176 valence electrons. The van der Waals surface area contributed by atoms with Gasteiger partial charge in [0, 0.05) is 51.7 Å². The van der Waals surface area contributed by atoms with Crippen molar-refractivity contribution in [2.75, 3.05) is 26.2 Å². The number of nitrogens with one attached hydrogen (secondary N) is 1. The van der Waals surface area contributed by atoms with Gasteiger partial charge in [-0.15, -0.1) is 0 Å². The average Bonchev–Trinajstić information content (AvgIpc) is 3.55. The first-order valence-corrected chi connectivity index (χ1v) is 13.0. The second-order valence-corrected chi connectivity index (χ2v) is 10.4. The maximum Gasteiger partial charge on any atom is 0.317 e. The molecule has 0 unspecified atom stereocenters. The van der Waals surface area contributed by atoms with Crippen molar-refractivity contribution in [1.82, 2.24) is 32.8 Å². The molecular weight excluding hydrogens is 474 g/mol. The molecule has 1 saturated heterocycles. The van der Waals surface area contributed by atoms with E-state index in [1.54, 1.807) is 35.6 Å². The molecule has 4 aromatic rings. The lowest BCUT2D eigenvalue weighted by Gasteiger charge is -2.34. The van der Waals surface area contributed by atoms with Gasteiger partial charge >= 0.3 is 6.03 Å². The topological polar surface area (TPSA) is 113 Å². The summed E-state index contributed by atoms with van der Waals surface area (Å²) in [6.07, 6.45) is 5.41. The standard InChI is InChI=1S/C22H23N7O3S2/c30-22(24-14-17-3-1-4-18(13-17)15-27-8-7-23-16-27)28-9-11-29(12-10-28)34(31,32)20-6-2-5-19-21(20)26-33-25-19/h1-8,13,16H,9-12,14-15H2,(H,24,30). The number of fused-ring (bicyclic) bond motifs is 1. The Morgan fingerprint density at radius 2 is 1.82 bits per heavy atom. The maximum atomic E-state index is 13.2. The van der Waals surface area contributed by atoms with Gasteiger partial charge in [0.25, 0.3) is 0 Å². The molecule has 1 aliphatic rings. The molecule has 2 aromatic heterocycles. The Morgan fingerprint density at radius 1 is 1.03 bits per heavy atom. The highest BCUT2D eigenvalue weighted by atomic mass is 32.2. The smallest absolute Gasteiger partial charge is 0.317 e. The average molecular weight is 498 g/mol. The van der Waals surface area contributed by atoms with E-state index in [2.05, 4.69) is 25.1 Å². The Kier molecular flexibility index (Phi) is 6.26. The third-order valence-electron chi connectivity index (χ3n) is 5.75. The van der Waals surface area contributed by atoms with Crippen molar-refractivity contribution in [3.8, 4) is 0 Å². The molecule has 5 rings (SSSR count). The van der Waals surface area contributed by atoms with Crippen LogP contribution in [0.4, 0.5) is 4.79 Å². The van der Waals surface area contributed by atoms with Gasteiger partial charge in [-0.1, -0.05) is 30.3 Å². The van der Waals surface area contributed by atoms with E-state index in [1.165, 1.54) is 4.31 Å². The predicted molar refractivity (Wildman–Crippen MR) is 128 cm³/mol. The minimum absolute atomic E-state index is 0.159. The van der Waals surface area contributed by atoms with Crippen LogP contribution in [0, 0.1) is 0 Å². The van der Waals surface area contributed by atoms with E-state index in [0.717, 1.165) is 22.9 Å². The van der Waals surface area contributed by atoms with Gasteiger partial charge in [-0.25, -0.2) is 18.2 Å². The number of urea groups is 1. The lowest BCUT2D eigenvalue weighted by molar-refractivity contribution is 0.172. The molecule has 0 radical (unpaired) electrons. The van der Waals surface area contributed by atoms with Gasteiger partial charge in [-0.3, -0.25) is 0 Å². The molecule has 12 heteroatoms. The zero-order valence-electron chi connectivity index (χ0n) is 18.2. The third kappa shape index (κ3) is 4.65. The minimum atomic E-state index is -3.72. The fourth-order valence-electron chi connectivity index (χ4n) is 3.98. The largest absolute Gasteiger partial charge is 0.334 e. The number of benzene rings is 2. The van der Waals surface area contributed by atoms with E-state index in [-0.39, 0.29) is 24.0 Å². The molecule has 0 saturated carbocycles. The van der Waals surface area contributed by atoms with E-state index in [4.69, 9.17) is 0 Å². The molecule has 0 aliphatic carbocycles. The van der Waals surface area contributed by atoms with Crippen LogP contribution in [0.15, 0.2) is 66.1 Å². The summed E-state index contributed by atoms with van der Waals surface area (Å²) in [6.45, 7) is 2.19. The third-order valence-corrected chi connectivity index (χ3v) is 8.22. The van der Waals surface area contributed by atoms with Crippen molar-refractivity contribution in [1.29, 1.82) is 0 Å². The molecular formula is C22H23N7O3S2. The highest BCUT2D eigenvalue weighted by Gasteiger charge is 2.31. The number of aromatic nitrogens is 4. The fourth-order valence-corrected chi connectivity index (χ4v) is 6.15. The van der Waals surface area contributed by atoms with Crippen molar-refractivity contribution >= 4 is 38.8 Å². The van der Waals surface area contributed by atoms with Gasteiger partial charge in [0.2, 0.25) is 10.0 Å². The highest BCUT2D eigenvalue weighted by molar-refractivity contribution is 7.89. The summed E-state index contributed by atoms with van der Waals surface area (Å²) in [5.74, 6) is 0. The summed E-state index contributed by atoms with van der Waals surface area (Å²) in [5, 5.41) is 2.94. The Morgan fingerprint density at radius 3 is 2.62 bits per heavy atom. The van der Waals surface area contributed by atoms with E-state index in [0.29, 0.717) is 37.2 Å². The highest BCUT2D eigenvalue weighted by Crippen LogP contribution is 2.25. The predicted octanol–water partition coefficient (Wildman–Crippen LogP) is 2.15. The van der Waals surface area contributed by atoms with Crippen LogP contribution in [0.25, 0.3) is 11.0 Å². The zero-order chi connectivity index (χ0) is 23.5. The van der Waals surface area contributed by atoms with Crippen LogP contribution in [0.2, 0.25) is 0 Å². The van der Waals surface area contributed by atoms with Crippen LogP contribution >= 0.6 is 11.7 Å². The second-order valence-electron chi connectivity index (χ2n) is 7.99. The minimum Gasteiger partial charge on any atom is -0.334 e. The summed E-state index contributed by atoms with van der Waals surface area (Å²) >= 11 is 0.991. The van der Waals surface area contributed by atoms with Crippen LogP contribution in [-0.2, 0) is 23.1 Å². The van der Waals surface area contributed by atoms with Gasteiger partial charge in [0.05, 0.1) is 18.1 Å². The normalized spacial score (nSPS) is 15.0. The number of sulfonamides is 1. The van der Waals surface area contributed by atoms with E-state index >= 15 is 0 Å². The van der Waals surface area contributed by atoms with Crippen LogP contribution in [0.5, 0.6) is 0 Å². The van der Waals surface area contributed by atoms with Gasteiger partial charge in [0.15, 0.2) is 0 Å². The van der Waals surface area contributed by atoms with Crippen molar-refractivity contribution in [3.05, 3.63) is 72.3 Å². The molecule has 10 nitrogen and oxygen atoms in total. The first kappa shape index (κ1) is 22.4. The number of hydrogen-bond acceptors (Lipinski definition) is 7. The molecule has 0 spiro atoms. The lowest BCUT2D eigenvalue weighted by atomic mass is 10.1. The molecule has 34 heavy (non-hydrogen) atoms. The Balaban J connectivity index is 1.17. The van der Waals surface area contributed by atoms with Crippen LogP contribution < -0.4 is 5.32 Å². The molecule has 0 bridgehead atoms. The first-order chi connectivity index (χ1) is 16.5. The Hall–Kier alpha value is -3.35. The molecule has 1 fully saturated rings. The molecule has 2 amide bonds. The van der Waals surface area contributed by atoms with Crippen molar-refractivity contribution < 1.29 is 13.2 Å². The zero-order valence-corrected chi connectivity index (χ0v) is 19.9. The van der Waals surface area contributed by atoms with Gasteiger partial charge in [-0.2, -0.15) is 13.1 Å². The lowest BCUT2D eigenvalue weighted by Crippen LogP contribution is -2.53. The number of hydrogen-bond donors (Lipinski definition) is 1. The number of imidazole rings is 1. The molecule has 1 aliphatic heterocycles. The number of nitrogens with zero attached hydrogens (tertiary/aromatic N) is 6. The first-order valence-electron chi connectivity index (χ1n) is 10.8. The van der Waals surface area contributed by atoms with E-state index in [9.17, 15) is 13.2 Å². The van der Waals surface area contributed by atoms with Gasteiger partial charge in [-0.05, 0) is 23.3 Å². The number of piperazine rings is 1. The summed E-state index contributed by atoms with van der Waals surface area (Å²) < 4.78 is 38.0. The van der Waals surface area contributed by atoms with E-state index in [1.807, 2.05) is 29.0 Å². The summed E-state index contributed by atoms with van der Waals surface area (Å²) in [5.41, 5.74) is 3.08. The van der Waals surface area contributed by atoms with E-state index < -0.39 is 10.0 Å². The van der Waals surface area contributed by atoms with Crippen LogP contribution in [0.3, 0.4) is 0 Å². The second kappa shape index (κ2) is 9.49. The summed E-state index contributed by atoms with van der Waals surface area (Å²) in [7, 11) is -3.72. The number of carbonyl (C=O) groups is 1. The molecule has 2 aromatic carbocycles. The van der Waals surface area contributed by atoms with Crippen LogP contribution in [0.1, 0.15) is 11.1 Å². The van der Waals surface area contributed by atoms with Crippen molar-refractivity contribution in [2.24, 2.45) is 0 Å². The van der Waals surface area contributed by atoms with Crippen molar-refractivity contribution in [2.45, 2.75) is 18.0 Å². The monoisotopic (exact) mass is 497 g/mol. The number of amides is 2. The van der Waals surface area contributed by atoms with Gasteiger partial charge < -0.3 is 14.8 Å². The van der Waals surface area contributed by atoms with Gasteiger partial charge in [0.1, 0.15) is 15.9 Å². The maximum absolute atomic E-state index is 13.2. The fraction of sp³-hybridized carbons (Fsp3) is 0.273.